The molecule has 1 aliphatic rings. The summed E-state index contributed by atoms with van der Waals surface area (Å²) >= 11 is 6.10. The van der Waals surface area contributed by atoms with E-state index in [9.17, 15) is 5.11 Å². The van der Waals surface area contributed by atoms with Crippen LogP contribution in [0.25, 0.3) is 0 Å². The van der Waals surface area contributed by atoms with E-state index in [4.69, 9.17) is 21.1 Å². The summed E-state index contributed by atoms with van der Waals surface area (Å²) in [5, 5.41) is 9.99. The Morgan fingerprint density at radius 2 is 2.39 bits per heavy atom. The Morgan fingerprint density at radius 1 is 1.56 bits per heavy atom. The molecule has 0 aromatic heterocycles. The molecule has 18 heavy (non-hydrogen) atoms. The molecule has 1 saturated heterocycles. The van der Waals surface area contributed by atoms with Gasteiger partial charge in [-0.2, -0.15) is 0 Å². The standard InChI is InChI=1S/C14H19ClO3/c1-10(16)11-4-5-14(13(15)9-11)18-8-6-12-3-2-7-17-12/h4-5,9-10,12,16H,2-3,6-8H2,1H3. The quantitative estimate of drug-likeness (QED) is 0.892. The van der Waals surface area contributed by atoms with Crippen LogP contribution in [-0.4, -0.2) is 24.4 Å². The number of aliphatic hydroxyl groups excluding tert-OH is 1. The van der Waals surface area contributed by atoms with Gasteiger partial charge in [0.2, 0.25) is 0 Å². The van der Waals surface area contributed by atoms with Crippen LogP contribution in [0.5, 0.6) is 5.75 Å². The van der Waals surface area contributed by atoms with Gasteiger partial charge in [0.1, 0.15) is 5.75 Å². The molecule has 0 saturated carbocycles. The summed E-state index contributed by atoms with van der Waals surface area (Å²) in [7, 11) is 0. The van der Waals surface area contributed by atoms with Gasteiger partial charge < -0.3 is 14.6 Å². The highest BCUT2D eigenvalue weighted by atomic mass is 35.5. The fraction of sp³-hybridized carbons (Fsp3) is 0.571. The normalized spacial score (nSPS) is 20.9. The van der Waals surface area contributed by atoms with Crippen LogP contribution in [0.3, 0.4) is 0 Å². The number of hydrogen-bond acceptors (Lipinski definition) is 3. The lowest BCUT2D eigenvalue weighted by atomic mass is 10.1. The second-order valence-electron chi connectivity index (χ2n) is 4.64. The second-order valence-corrected chi connectivity index (χ2v) is 5.05. The largest absolute Gasteiger partial charge is 0.492 e. The van der Waals surface area contributed by atoms with Gasteiger partial charge in [0, 0.05) is 13.0 Å². The SMILES string of the molecule is CC(O)c1ccc(OCCC2CCCO2)c(Cl)c1. The van der Waals surface area contributed by atoms with Crippen LogP contribution in [0.1, 0.15) is 37.9 Å². The van der Waals surface area contributed by atoms with Gasteiger partial charge in [0.05, 0.1) is 23.8 Å². The van der Waals surface area contributed by atoms with E-state index in [1.807, 2.05) is 6.07 Å². The first kappa shape index (κ1) is 13.7. The van der Waals surface area contributed by atoms with E-state index in [0.717, 1.165) is 31.4 Å². The summed E-state index contributed by atoms with van der Waals surface area (Å²) in [4.78, 5) is 0. The molecule has 0 radical (unpaired) electrons. The minimum absolute atomic E-state index is 0.334. The predicted molar refractivity (Wildman–Crippen MR) is 71.2 cm³/mol. The number of benzene rings is 1. The monoisotopic (exact) mass is 270 g/mol. The molecular weight excluding hydrogens is 252 g/mol. The summed E-state index contributed by atoms with van der Waals surface area (Å²) in [5.74, 6) is 0.666. The molecule has 2 unspecified atom stereocenters. The average molecular weight is 271 g/mol. The molecule has 0 amide bonds. The Morgan fingerprint density at radius 3 is 3.00 bits per heavy atom. The molecule has 0 aliphatic carbocycles. The Bertz CT molecular complexity index is 387. The fourth-order valence-corrected chi connectivity index (χ4v) is 2.31. The van der Waals surface area contributed by atoms with Crippen molar-refractivity contribution in [2.24, 2.45) is 0 Å². The molecular formula is C14H19ClO3. The maximum Gasteiger partial charge on any atom is 0.137 e. The lowest BCUT2D eigenvalue weighted by Gasteiger charge is -2.13. The van der Waals surface area contributed by atoms with Crippen molar-refractivity contribution in [3.8, 4) is 5.75 Å². The third-order valence-corrected chi connectivity index (χ3v) is 3.46. The van der Waals surface area contributed by atoms with E-state index in [-0.39, 0.29) is 0 Å². The Kier molecular flexibility index (Phi) is 4.87. The van der Waals surface area contributed by atoms with Gasteiger partial charge in [-0.15, -0.1) is 0 Å². The van der Waals surface area contributed by atoms with Crippen LogP contribution in [0.4, 0.5) is 0 Å². The van der Waals surface area contributed by atoms with Crippen molar-refractivity contribution < 1.29 is 14.6 Å². The smallest absolute Gasteiger partial charge is 0.137 e. The lowest BCUT2D eigenvalue weighted by molar-refractivity contribution is 0.0903. The molecule has 1 fully saturated rings. The number of hydrogen-bond donors (Lipinski definition) is 1. The first-order valence-corrected chi connectivity index (χ1v) is 6.76. The maximum atomic E-state index is 9.44. The van der Waals surface area contributed by atoms with Crippen LogP contribution in [0, 0.1) is 0 Å². The van der Waals surface area contributed by atoms with Crippen molar-refractivity contribution in [3.05, 3.63) is 28.8 Å². The van der Waals surface area contributed by atoms with Gasteiger partial charge in [-0.3, -0.25) is 0 Å². The first-order valence-electron chi connectivity index (χ1n) is 6.38. The number of ether oxygens (including phenoxy) is 2. The summed E-state index contributed by atoms with van der Waals surface area (Å²) in [6, 6.07) is 5.38. The third kappa shape index (κ3) is 3.61. The van der Waals surface area contributed by atoms with E-state index in [1.54, 1.807) is 19.1 Å². The van der Waals surface area contributed by atoms with Crippen LogP contribution >= 0.6 is 11.6 Å². The predicted octanol–water partition coefficient (Wildman–Crippen LogP) is 3.34. The third-order valence-electron chi connectivity index (χ3n) is 3.16. The van der Waals surface area contributed by atoms with E-state index < -0.39 is 6.10 Å². The molecule has 100 valence electrons. The molecule has 1 aromatic rings. The van der Waals surface area contributed by atoms with Gasteiger partial charge in [0.15, 0.2) is 0 Å². The van der Waals surface area contributed by atoms with Crippen molar-refractivity contribution in [2.45, 2.75) is 38.4 Å². The summed E-state index contributed by atoms with van der Waals surface area (Å²) < 4.78 is 11.2. The minimum Gasteiger partial charge on any atom is -0.492 e. The van der Waals surface area contributed by atoms with Gasteiger partial charge in [-0.1, -0.05) is 17.7 Å². The zero-order valence-electron chi connectivity index (χ0n) is 10.6. The Balaban J connectivity index is 1.85. The highest BCUT2D eigenvalue weighted by molar-refractivity contribution is 6.32. The molecule has 1 aliphatic heterocycles. The van der Waals surface area contributed by atoms with Crippen LogP contribution in [-0.2, 0) is 4.74 Å². The highest BCUT2D eigenvalue weighted by Crippen LogP contribution is 2.28. The highest BCUT2D eigenvalue weighted by Gasteiger charge is 2.15. The van der Waals surface area contributed by atoms with Crippen molar-refractivity contribution in [1.82, 2.24) is 0 Å². The molecule has 1 aromatic carbocycles. The van der Waals surface area contributed by atoms with Crippen LogP contribution < -0.4 is 4.74 Å². The van der Waals surface area contributed by atoms with Gasteiger partial charge in [0.25, 0.3) is 0 Å². The summed E-state index contributed by atoms with van der Waals surface area (Å²) in [6.07, 6.45) is 2.99. The zero-order chi connectivity index (χ0) is 13.0. The maximum absolute atomic E-state index is 9.44. The van der Waals surface area contributed by atoms with Crippen LogP contribution in [0.2, 0.25) is 5.02 Å². The lowest BCUT2D eigenvalue weighted by Crippen LogP contribution is -2.10. The molecule has 1 heterocycles. The van der Waals surface area contributed by atoms with Crippen LogP contribution in [0.15, 0.2) is 18.2 Å². The number of rotatable bonds is 5. The summed E-state index contributed by atoms with van der Waals surface area (Å²) in [6.45, 7) is 3.19. The number of halogens is 1. The molecule has 1 N–H and O–H groups in total. The van der Waals surface area contributed by atoms with Gasteiger partial charge in [-0.05, 0) is 37.5 Å². The molecule has 4 heteroatoms. The number of aliphatic hydroxyl groups is 1. The summed E-state index contributed by atoms with van der Waals surface area (Å²) in [5.41, 5.74) is 0.798. The van der Waals surface area contributed by atoms with Gasteiger partial charge >= 0.3 is 0 Å². The molecule has 2 atom stereocenters. The zero-order valence-corrected chi connectivity index (χ0v) is 11.3. The van der Waals surface area contributed by atoms with Crippen molar-refractivity contribution in [2.75, 3.05) is 13.2 Å². The minimum atomic E-state index is -0.511. The van der Waals surface area contributed by atoms with Crippen molar-refractivity contribution in [1.29, 1.82) is 0 Å². The van der Waals surface area contributed by atoms with E-state index in [1.165, 1.54) is 0 Å². The van der Waals surface area contributed by atoms with Crippen molar-refractivity contribution >= 4 is 11.6 Å². The first-order chi connectivity index (χ1) is 8.66. The second kappa shape index (κ2) is 6.41. The van der Waals surface area contributed by atoms with E-state index in [0.29, 0.717) is 23.5 Å². The Labute approximate surface area is 113 Å². The van der Waals surface area contributed by atoms with Gasteiger partial charge in [-0.25, -0.2) is 0 Å². The van der Waals surface area contributed by atoms with E-state index >= 15 is 0 Å². The van der Waals surface area contributed by atoms with E-state index in [2.05, 4.69) is 0 Å². The Hall–Kier alpha value is -0.770. The average Bonchev–Trinajstić information content (AvgIpc) is 2.84. The molecule has 3 nitrogen and oxygen atoms in total. The molecule has 2 rings (SSSR count). The fourth-order valence-electron chi connectivity index (χ4n) is 2.07. The van der Waals surface area contributed by atoms with Crippen molar-refractivity contribution in [3.63, 3.8) is 0 Å². The molecule has 0 bridgehead atoms. The topological polar surface area (TPSA) is 38.7 Å². The molecule has 0 spiro atoms.